The molecule has 6 nitrogen and oxygen atoms in total. The number of piperazine rings is 1. The summed E-state index contributed by atoms with van der Waals surface area (Å²) in [6.07, 6.45) is 2.31. The molecule has 1 aliphatic carbocycles. The van der Waals surface area contributed by atoms with Crippen LogP contribution in [0.2, 0.25) is 0 Å². The van der Waals surface area contributed by atoms with Crippen LogP contribution in [-0.4, -0.2) is 67.6 Å². The summed E-state index contributed by atoms with van der Waals surface area (Å²) in [6.45, 7) is 10.7. The van der Waals surface area contributed by atoms with E-state index in [0.717, 1.165) is 38.0 Å². The van der Waals surface area contributed by atoms with Gasteiger partial charge in [-0.05, 0) is 32.9 Å². The normalized spacial score (nSPS) is 19.1. The lowest BCUT2D eigenvalue weighted by Crippen LogP contribution is -3.16. The maximum absolute atomic E-state index is 13.1. The van der Waals surface area contributed by atoms with Gasteiger partial charge in [-0.15, -0.1) is 0 Å². The number of carbonyl (C=O) groups is 2. The minimum atomic E-state index is -0.227. The van der Waals surface area contributed by atoms with Gasteiger partial charge in [0.25, 0.3) is 11.8 Å². The van der Waals surface area contributed by atoms with E-state index in [1.165, 1.54) is 21.9 Å². The Labute approximate surface area is 173 Å². The maximum atomic E-state index is 13.1. The SMILES string of the molecule is CC(C)(C)NC(=O)C[NH+]1CCN(C(=O)C[NH+](Cc2ccc(F)cc2)C2CC2)CC1. The van der Waals surface area contributed by atoms with Gasteiger partial charge in [-0.2, -0.15) is 0 Å². The van der Waals surface area contributed by atoms with Crippen molar-refractivity contribution in [3.63, 3.8) is 0 Å². The van der Waals surface area contributed by atoms with Crippen LogP contribution in [0.5, 0.6) is 0 Å². The van der Waals surface area contributed by atoms with Crippen molar-refractivity contribution in [2.24, 2.45) is 0 Å². The number of nitrogens with one attached hydrogen (secondary N) is 3. The number of quaternary nitrogens is 2. The molecule has 1 heterocycles. The fourth-order valence-corrected chi connectivity index (χ4v) is 3.95. The number of benzene rings is 1. The van der Waals surface area contributed by atoms with Crippen molar-refractivity contribution in [1.29, 1.82) is 0 Å². The van der Waals surface area contributed by atoms with Gasteiger partial charge in [0, 0.05) is 23.9 Å². The molecule has 7 heteroatoms. The van der Waals surface area contributed by atoms with Crippen molar-refractivity contribution in [1.82, 2.24) is 10.2 Å². The zero-order chi connectivity index (χ0) is 21.0. The second-order valence-electron chi connectivity index (χ2n) is 9.52. The lowest BCUT2D eigenvalue weighted by atomic mass is 10.1. The first kappa shape index (κ1) is 21.7. The Kier molecular flexibility index (Phi) is 6.90. The van der Waals surface area contributed by atoms with Crippen molar-refractivity contribution in [3.8, 4) is 0 Å². The summed E-state index contributed by atoms with van der Waals surface area (Å²) in [5, 5.41) is 3.01. The van der Waals surface area contributed by atoms with Crippen LogP contribution in [0.3, 0.4) is 0 Å². The van der Waals surface area contributed by atoms with E-state index in [9.17, 15) is 14.0 Å². The summed E-state index contributed by atoms with van der Waals surface area (Å²) in [5.74, 6) is 0.0254. The largest absolute Gasteiger partial charge is 0.347 e. The average molecular weight is 407 g/mol. The van der Waals surface area contributed by atoms with Crippen LogP contribution in [-0.2, 0) is 16.1 Å². The van der Waals surface area contributed by atoms with E-state index < -0.39 is 0 Å². The highest BCUT2D eigenvalue weighted by atomic mass is 19.1. The maximum Gasteiger partial charge on any atom is 0.278 e. The van der Waals surface area contributed by atoms with Gasteiger partial charge in [0.15, 0.2) is 13.1 Å². The zero-order valence-electron chi connectivity index (χ0n) is 17.9. The number of amides is 2. The number of rotatable bonds is 7. The smallest absolute Gasteiger partial charge is 0.278 e. The third-order valence-corrected chi connectivity index (χ3v) is 5.63. The summed E-state index contributed by atoms with van der Waals surface area (Å²) in [6, 6.07) is 7.14. The topological polar surface area (TPSA) is 58.3 Å². The highest BCUT2D eigenvalue weighted by Crippen LogP contribution is 2.16. The first-order chi connectivity index (χ1) is 13.7. The third-order valence-electron chi connectivity index (χ3n) is 5.63. The molecule has 3 rings (SSSR count). The fraction of sp³-hybridized carbons (Fsp3) is 0.636. The predicted molar refractivity (Wildman–Crippen MR) is 109 cm³/mol. The zero-order valence-corrected chi connectivity index (χ0v) is 17.9. The molecule has 1 atom stereocenters. The molecule has 1 saturated carbocycles. The Morgan fingerprint density at radius 3 is 2.34 bits per heavy atom. The van der Waals surface area contributed by atoms with E-state index >= 15 is 0 Å². The van der Waals surface area contributed by atoms with Crippen molar-refractivity contribution < 1.29 is 23.8 Å². The Balaban J connectivity index is 1.45. The number of nitrogens with zero attached hydrogens (tertiary/aromatic N) is 1. The van der Waals surface area contributed by atoms with Crippen LogP contribution >= 0.6 is 0 Å². The molecular formula is C22H35FN4O2+2. The van der Waals surface area contributed by atoms with Gasteiger partial charge in [0.1, 0.15) is 12.4 Å². The van der Waals surface area contributed by atoms with Gasteiger partial charge in [-0.3, -0.25) is 9.59 Å². The minimum Gasteiger partial charge on any atom is -0.347 e. The lowest BCUT2D eigenvalue weighted by Gasteiger charge is -2.33. The predicted octanol–water partition coefficient (Wildman–Crippen LogP) is -0.985. The molecule has 29 heavy (non-hydrogen) atoms. The van der Waals surface area contributed by atoms with Gasteiger partial charge in [-0.25, -0.2) is 4.39 Å². The second-order valence-corrected chi connectivity index (χ2v) is 9.52. The van der Waals surface area contributed by atoms with Crippen LogP contribution < -0.4 is 15.1 Å². The number of carbonyl (C=O) groups excluding carboxylic acids is 2. The quantitative estimate of drug-likeness (QED) is 0.545. The summed E-state index contributed by atoms with van der Waals surface area (Å²) < 4.78 is 13.1. The summed E-state index contributed by atoms with van der Waals surface area (Å²) in [7, 11) is 0. The molecule has 1 unspecified atom stereocenters. The van der Waals surface area contributed by atoms with Crippen LogP contribution in [0.4, 0.5) is 4.39 Å². The Morgan fingerprint density at radius 2 is 1.79 bits per heavy atom. The number of hydrogen-bond donors (Lipinski definition) is 3. The first-order valence-electron chi connectivity index (χ1n) is 10.7. The number of halogens is 1. The van der Waals surface area contributed by atoms with Crippen molar-refractivity contribution >= 4 is 11.8 Å². The van der Waals surface area contributed by atoms with E-state index in [2.05, 4.69) is 5.32 Å². The van der Waals surface area contributed by atoms with Crippen LogP contribution in [0.25, 0.3) is 0 Å². The molecule has 0 aromatic heterocycles. The molecule has 2 amide bonds. The molecule has 1 aliphatic heterocycles. The Bertz CT molecular complexity index is 705. The Hall–Kier alpha value is -1.99. The third kappa shape index (κ3) is 7.08. The molecule has 0 spiro atoms. The lowest BCUT2D eigenvalue weighted by molar-refractivity contribution is -0.917. The first-order valence-corrected chi connectivity index (χ1v) is 10.7. The molecule has 160 valence electrons. The summed E-state index contributed by atoms with van der Waals surface area (Å²) in [4.78, 5) is 29.4. The van der Waals surface area contributed by atoms with E-state index in [1.807, 2.05) is 37.8 Å². The molecule has 3 N–H and O–H groups in total. The highest BCUT2D eigenvalue weighted by Gasteiger charge is 2.36. The van der Waals surface area contributed by atoms with E-state index in [0.29, 0.717) is 32.2 Å². The van der Waals surface area contributed by atoms with Crippen molar-refractivity contribution in [2.75, 3.05) is 39.3 Å². The summed E-state index contributed by atoms with van der Waals surface area (Å²) in [5.41, 5.74) is 0.855. The molecule has 2 fully saturated rings. The Morgan fingerprint density at radius 1 is 1.17 bits per heavy atom. The second kappa shape index (κ2) is 9.22. The van der Waals surface area contributed by atoms with E-state index in [4.69, 9.17) is 0 Å². The van der Waals surface area contributed by atoms with Gasteiger partial charge in [0.05, 0.1) is 32.2 Å². The molecule has 2 aliphatic rings. The van der Waals surface area contributed by atoms with E-state index in [1.54, 1.807) is 0 Å². The van der Waals surface area contributed by atoms with Crippen molar-refractivity contribution in [3.05, 3.63) is 35.6 Å². The standard InChI is InChI=1S/C22H33FN4O2/c1-22(2,3)24-20(28)15-25-10-12-26(13-11-25)21(29)16-27(19-8-9-19)14-17-4-6-18(23)7-5-17/h4-7,19H,8-16H2,1-3H3,(H,24,28)/p+2. The minimum absolute atomic E-state index is 0.0657. The van der Waals surface area contributed by atoms with E-state index in [-0.39, 0.29) is 23.2 Å². The van der Waals surface area contributed by atoms with Gasteiger partial charge in [0.2, 0.25) is 0 Å². The summed E-state index contributed by atoms with van der Waals surface area (Å²) >= 11 is 0. The van der Waals surface area contributed by atoms with Gasteiger partial charge < -0.3 is 20.0 Å². The monoisotopic (exact) mass is 406 g/mol. The van der Waals surface area contributed by atoms with Gasteiger partial charge in [-0.1, -0.05) is 12.1 Å². The van der Waals surface area contributed by atoms with Crippen LogP contribution in [0, 0.1) is 5.82 Å². The van der Waals surface area contributed by atoms with Crippen LogP contribution in [0.15, 0.2) is 24.3 Å². The molecule has 1 saturated heterocycles. The molecular weight excluding hydrogens is 371 g/mol. The molecule has 0 bridgehead atoms. The van der Waals surface area contributed by atoms with Gasteiger partial charge >= 0.3 is 0 Å². The average Bonchev–Trinajstić information content (AvgIpc) is 3.47. The highest BCUT2D eigenvalue weighted by molar-refractivity contribution is 5.78. The van der Waals surface area contributed by atoms with Crippen molar-refractivity contribution in [2.45, 2.75) is 51.7 Å². The molecule has 1 aromatic rings. The molecule has 1 aromatic carbocycles. The molecule has 0 radical (unpaired) electrons. The number of hydrogen-bond acceptors (Lipinski definition) is 2. The van der Waals surface area contributed by atoms with Crippen LogP contribution in [0.1, 0.15) is 39.2 Å². The fourth-order valence-electron chi connectivity index (χ4n) is 3.95.